The minimum Gasteiger partial charge on any atom is -0.493 e. The Bertz CT molecular complexity index is 386. The third-order valence-electron chi connectivity index (χ3n) is 4.21. The van der Waals surface area contributed by atoms with Gasteiger partial charge in [0.25, 0.3) is 0 Å². The van der Waals surface area contributed by atoms with Crippen LogP contribution in [0.5, 0.6) is 5.75 Å². The maximum absolute atomic E-state index is 6.00. The average molecular weight is 230 g/mol. The van der Waals surface area contributed by atoms with Gasteiger partial charge in [-0.2, -0.15) is 0 Å². The molecule has 0 heterocycles. The Hall–Kier alpha value is -0.980. The lowest BCUT2D eigenvalue weighted by Crippen LogP contribution is -2.13. The van der Waals surface area contributed by atoms with E-state index < -0.39 is 0 Å². The normalized spacial score (nSPS) is 18.4. The van der Waals surface area contributed by atoms with Gasteiger partial charge in [-0.1, -0.05) is 6.07 Å². The summed E-state index contributed by atoms with van der Waals surface area (Å²) in [6.45, 7) is 2.92. The van der Waals surface area contributed by atoms with E-state index in [9.17, 15) is 0 Å². The fourth-order valence-corrected chi connectivity index (χ4v) is 3.41. The highest BCUT2D eigenvalue weighted by Crippen LogP contribution is 2.38. The fraction of sp³-hybridized carbons (Fsp3) is 0.625. The summed E-state index contributed by atoms with van der Waals surface area (Å²) in [6.07, 6.45) is 10.4. The fourth-order valence-electron chi connectivity index (χ4n) is 3.41. The Morgan fingerprint density at radius 3 is 1.94 bits per heavy atom. The second-order valence-electron chi connectivity index (χ2n) is 5.33. The van der Waals surface area contributed by atoms with E-state index in [0.29, 0.717) is 0 Å². The molecule has 0 saturated heterocycles. The van der Waals surface area contributed by atoms with E-state index in [0.717, 1.165) is 6.61 Å². The van der Waals surface area contributed by atoms with Crippen LogP contribution >= 0.6 is 0 Å². The van der Waals surface area contributed by atoms with Crippen LogP contribution in [0.4, 0.5) is 0 Å². The van der Waals surface area contributed by atoms with E-state index in [2.05, 4.69) is 13.0 Å². The van der Waals surface area contributed by atoms with Gasteiger partial charge in [-0.3, -0.25) is 0 Å². The van der Waals surface area contributed by atoms with E-state index in [1.807, 2.05) is 0 Å². The summed E-state index contributed by atoms with van der Waals surface area (Å²) in [7, 11) is 0. The summed E-state index contributed by atoms with van der Waals surface area (Å²) in [6, 6.07) is 2.49. The van der Waals surface area contributed by atoms with Gasteiger partial charge in [-0.05, 0) is 80.5 Å². The molecule has 17 heavy (non-hydrogen) atoms. The van der Waals surface area contributed by atoms with Crippen LogP contribution in [0.3, 0.4) is 0 Å². The van der Waals surface area contributed by atoms with Gasteiger partial charge in [0.2, 0.25) is 0 Å². The molecule has 3 rings (SSSR count). The molecule has 1 aromatic rings. The Kier molecular flexibility index (Phi) is 3.09. The van der Waals surface area contributed by atoms with Gasteiger partial charge in [-0.25, -0.2) is 0 Å². The third-order valence-corrected chi connectivity index (χ3v) is 4.21. The van der Waals surface area contributed by atoms with E-state index in [4.69, 9.17) is 4.74 Å². The molecule has 0 unspecified atom stereocenters. The van der Waals surface area contributed by atoms with Gasteiger partial charge >= 0.3 is 0 Å². The zero-order chi connectivity index (χ0) is 11.7. The lowest BCUT2D eigenvalue weighted by Gasteiger charge is -2.27. The Balaban J connectivity index is 2.12. The van der Waals surface area contributed by atoms with Crippen molar-refractivity contribution in [3.8, 4) is 5.75 Å². The van der Waals surface area contributed by atoms with Crippen molar-refractivity contribution >= 4 is 0 Å². The summed E-state index contributed by atoms with van der Waals surface area (Å²) < 4.78 is 6.00. The first-order chi connectivity index (χ1) is 8.40. The quantitative estimate of drug-likeness (QED) is 0.750. The number of rotatable bonds is 2. The summed E-state index contributed by atoms with van der Waals surface area (Å²) in [4.78, 5) is 0. The van der Waals surface area contributed by atoms with Crippen molar-refractivity contribution in [3.63, 3.8) is 0 Å². The largest absolute Gasteiger partial charge is 0.493 e. The van der Waals surface area contributed by atoms with Crippen LogP contribution in [0.25, 0.3) is 0 Å². The van der Waals surface area contributed by atoms with Crippen LogP contribution in [0, 0.1) is 0 Å². The summed E-state index contributed by atoms with van der Waals surface area (Å²) in [5, 5.41) is 0. The monoisotopic (exact) mass is 230 g/mol. The minimum atomic E-state index is 0.808. The molecular formula is C16H22O. The molecule has 0 aromatic heterocycles. The van der Waals surface area contributed by atoms with Crippen molar-refractivity contribution in [1.29, 1.82) is 0 Å². The molecule has 0 N–H and O–H groups in total. The van der Waals surface area contributed by atoms with E-state index in [1.54, 1.807) is 22.3 Å². The van der Waals surface area contributed by atoms with E-state index >= 15 is 0 Å². The lowest BCUT2D eigenvalue weighted by atomic mass is 9.82. The van der Waals surface area contributed by atoms with Crippen LogP contribution in [0.15, 0.2) is 6.07 Å². The van der Waals surface area contributed by atoms with E-state index in [1.165, 1.54) is 57.1 Å². The minimum absolute atomic E-state index is 0.808. The van der Waals surface area contributed by atoms with Crippen LogP contribution in [-0.4, -0.2) is 6.61 Å². The highest BCUT2D eigenvalue weighted by Gasteiger charge is 2.22. The molecule has 0 bridgehead atoms. The molecule has 0 fully saturated rings. The second-order valence-corrected chi connectivity index (χ2v) is 5.33. The highest BCUT2D eigenvalue weighted by molar-refractivity contribution is 5.52. The first-order valence-corrected chi connectivity index (χ1v) is 7.19. The molecule has 0 atom stereocenters. The van der Waals surface area contributed by atoms with Gasteiger partial charge in [0, 0.05) is 0 Å². The topological polar surface area (TPSA) is 9.23 Å². The van der Waals surface area contributed by atoms with Gasteiger partial charge in [0.05, 0.1) is 6.61 Å². The molecular weight excluding hydrogens is 208 g/mol. The van der Waals surface area contributed by atoms with Gasteiger partial charge in [0.15, 0.2) is 0 Å². The smallest absolute Gasteiger partial charge is 0.126 e. The standard InChI is InChI=1S/C16H22O/c1-2-17-16-14-9-5-3-7-12(14)11-13-8-4-6-10-15(13)16/h11H,2-10H2,1H3. The maximum Gasteiger partial charge on any atom is 0.126 e. The molecule has 0 spiro atoms. The summed E-state index contributed by atoms with van der Waals surface area (Å²) in [5.74, 6) is 1.28. The molecule has 0 radical (unpaired) electrons. The van der Waals surface area contributed by atoms with Crippen LogP contribution in [0.2, 0.25) is 0 Å². The number of fused-ring (bicyclic) bond motifs is 2. The average Bonchev–Trinajstić information content (AvgIpc) is 2.39. The molecule has 0 amide bonds. The van der Waals surface area contributed by atoms with Gasteiger partial charge in [-0.15, -0.1) is 0 Å². The van der Waals surface area contributed by atoms with Crippen LogP contribution in [0.1, 0.15) is 54.9 Å². The van der Waals surface area contributed by atoms with Crippen LogP contribution < -0.4 is 4.74 Å². The molecule has 1 heteroatoms. The van der Waals surface area contributed by atoms with Crippen molar-refractivity contribution in [2.45, 2.75) is 58.3 Å². The predicted octanol–water partition coefficient (Wildman–Crippen LogP) is 3.84. The SMILES string of the molecule is CCOc1c2c(cc3c1CCCC3)CCCC2. The Morgan fingerprint density at radius 1 is 0.882 bits per heavy atom. The van der Waals surface area contributed by atoms with Gasteiger partial charge in [0.1, 0.15) is 5.75 Å². The molecule has 0 saturated carbocycles. The first kappa shape index (κ1) is 11.1. The molecule has 2 aliphatic rings. The maximum atomic E-state index is 6.00. The Morgan fingerprint density at radius 2 is 1.41 bits per heavy atom. The van der Waals surface area contributed by atoms with Crippen LogP contribution in [-0.2, 0) is 25.7 Å². The summed E-state index contributed by atoms with van der Waals surface area (Å²) in [5.41, 5.74) is 6.25. The number of aryl methyl sites for hydroxylation is 2. The summed E-state index contributed by atoms with van der Waals surface area (Å²) >= 11 is 0. The molecule has 0 aliphatic heterocycles. The number of hydrogen-bond donors (Lipinski definition) is 0. The third kappa shape index (κ3) is 1.96. The zero-order valence-electron chi connectivity index (χ0n) is 10.8. The zero-order valence-corrected chi connectivity index (χ0v) is 10.8. The molecule has 92 valence electrons. The number of benzene rings is 1. The second kappa shape index (κ2) is 4.72. The van der Waals surface area contributed by atoms with E-state index in [-0.39, 0.29) is 0 Å². The predicted molar refractivity (Wildman–Crippen MR) is 70.9 cm³/mol. The Labute approximate surface area is 104 Å². The molecule has 1 nitrogen and oxygen atoms in total. The highest BCUT2D eigenvalue weighted by atomic mass is 16.5. The lowest BCUT2D eigenvalue weighted by molar-refractivity contribution is 0.328. The van der Waals surface area contributed by atoms with Crippen molar-refractivity contribution in [3.05, 3.63) is 28.3 Å². The molecule has 2 aliphatic carbocycles. The number of ether oxygens (including phenoxy) is 1. The van der Waals surface area contributed by atoms with Crippen molar-refractivity contribution in [1.82, 2.24) is 0 Å². The van der Waals surface area contributed by atoms with Crippen molar-refractivity contribution in [2.75, 3.05) is 6.61 Å². The van der Waals surface area contributed by atoms with Crippen molar-refractivity contribution in [2.24, 2.45) is 0 Å². The first-order valence-electron chi connectivity index (χ1n) is 7.19. The number of hydrogen-bond acceptors (Lipinski definition) is 1. The van der Waals surface area contributed by atoms with Gasteiger partial charge < -0.3 is 4.74 Å². The molecule has 1 aromatic carbocycles. The van der Waals surface area contributed by atoms with Crippen molar-refractivity contribution < 1.29 is 4.74 Å².